The van der Waals surface area contributed by atoms with Crippen molar-refractivity contribution in [3.05, 3.63) is 0 Å². The molecule has 168 valence electrons. The van der Waals surface area contributed by atoms with Crippen LogP contribution in [-0.4, -0.2) is 29.9 Å². The summed E-state index contributed by atoms with van der Waals surface area (Å²) in [7, 11) is -4.12. The molecule has 30 heavy (non-hydrogen) atoms. The van der Waals surface area contributed by atoms with Gasteiger partial charge >= 0.3 is 103 Å². The molecule has 0 aliphatic carbocycles. The van der Waals surface area contributed by atoms with E-state index in [9.17, 15) is 0 Å². The first-order chi connectivity index (χ1) is 11.7. The summed E-state index contributed by atoms with van der Waals surface area (Å²) in [5, 5.41) is 2.93. The van der Waals surface area contributed by atoms with Gasteiger partial charge in [-0.25, -0.2) is 14.2 Å². The van der Waals surface area contributed by atoms with Crippen LogP contribution in [0.3, 0.4) is 0 Å². The summed E-state index contributed by atoms with van der Waals surface area (Å²) in [6.45, 7) is 47.9. The van der Waals surface area contributed by atoms with Gasteiger partial charge in [0, 0.05) is 0 Å². The molecule has 0 spiro atoms. The summed E-state index contributed by atoms with van der Waals surface area (Å²) in [5.74, 6) is 0. The summed E-state index contributed by atoms with van der Waals surface area (Å²) < 4.78 is 0. The fourth-order valence-electron chi connectivity index (χ4n) is 8.25. The van der Waals surface area contributed by atoms with Crippen molar-refractivity contribution in [2.45, 2.75) is 155 Å². The number of hydrogen-bond acceptors (Lipinski definition) is 0. The monoisotopic (exact) mass is 532 g/mol. The first kappa shape index (κ1) is 36.3. The molecule has 1 aliphatic rings. The van der Waals surface area contributed by atoms with E-state index in [0.717, 1.165) is 0 Å². The fraction of sp³-hybridized carbons (Fsp3) is 1.00. The molecule has 0 radical (unpaired) electrons. The fourth-order valence-corrected chi connectivity index (χ4v) is 138. The predicted octanol–water partition coefficient (Wildman–Crippen LogP) is 3.01. The molecule has 0 amide bonds. The quantitative estimate of drug-likeness (QED) is 0.421. The molecular formula is C24H54K2Si4. The maximum Gasteiger partial charge on any atom is 1.00 e. The molecule has 1 rings (SSSR count). The van der Waals surface area contributed by atoms with E-state index in [1.807, 2.05) is 0 Å². The normalized spacial score (nSPS) is 21.4. The molecule has 0 aromatic heterocycles. The zero-order valence-electron chi connectivity index (χ0n) is 25.0. The van der Waals surface area contributed by atoms with Crippen molar-refractivity contribution in [1.82, 2.24) is 0 Å². The van der Waals surface area contributed by atoms with Crippen LogP contribution in [0.1, 0.15) is 125 Å². The molecule has 1 fully saturated rings. The molecule has 0 bridgehead atoms. The van der Waals surface area contributed by atoms with E-state index in [0.29, 0.717) is 30.2 Å². The summed E-state index contributed by atoms with van der Waals surface area (Å²) in [6.07, 6.45) is 0. The molecule has 0 aromatic carbocycles. The molecule has 0 atom stereocenters. The molecular weight excluding hydrogens is 479 g/mol. The van der Waals surface area contributed by atoms with E-state index < -0.39 is 29.9 Å². The topological polar surface area (TPSA) is 0 Å². The zero-order valence-corrected chi connectivity index (χ0v) is 35.2. The van der Waals surface area contributed by atoms with Crippen LogP contribution in [0, 0.1) is 0 Å². The Hall–Kier alpha value is 4.14. The van der Waals surface area contributed by atoms with Crippen LogP contribution in [0.4, 0.5) is 0 Å². The van der Waals surface area contributed by atoms with E-state index in [1.54, 1.807) is 0 Å². The maximum atomic E-state index is 2.67. The van der Waals surface area contributed by atoms with Crippen molar-refractivity contribution >= 4 is 29.9 Å². The third-order valence-electron chi connectivity index (χ3n) is 7.50. The van der Waals surface area contributed by atoms with Crippen LogP contribution >= 0.6 is 0 Å². The van der Waals surface area contributed by atoms with Crippen molar-refractivity contribution in [3.8, 4) is 0 Å². The van der Waals surface area contributed by atoms with Crippen LogP contribution in [0.15, 0.2) is 0 Å². The second-order valence-electron chi connectivity index (χ2n) is 15.8. The van der Waals surface area contributed by atoms with E-state index in [2.05, 4.69) is 125 Å². The van der Waals surface area contributed by atoms with Gasteiger partial charge in [0.1, 0.15) is 0 Å². The summed E-state index contributed by atoms with van der Waals surface area (Å²) >= 11 is 0. The minimum absolute atomic E-state index is 0. The first-order valence-corrected chi connectivity index (χ1v) is 22.5. The second-order valence-corrected chi connectivity index (χ2v) is 50.2. The number of rotatable bonds is 0. The van der Waals surface area contributed by atoms with Gasteiger partial charge in [-0.2, -0.15) is 10.1 Å². The SMILES string of the molecule is CC(C)(C)[Si-]1[Si](C(C)(C)C)(C(C)(C)C)[Si-](C(C)(C)C)[Si]1(C(C)(C)C)C(C)(C)C.[K+].[K+]. The van der Waals surface area contributed by atoms with Crippen molar-refractivity contribution in [3.63, 3.8) is 0 Å². The Kier molecular flexibility index (Phi) is 12.3. The molecule has 6 heteroatoms. The van der Waals surface area contributed by atoms with Gasteiger partial charge in [-0.05, 0) is 0 Å². The van der Waals surface area contributed by atoms with Gasteiger partial charge in [0.2, 0.25) is 0 Å². The summed E-state index contributed by atoms with van der Waals surface area (Å²) in [5.41, 5.74) is 0. The Balaban J connectivity index is 0. The molecule has 0 N–H and O–H groups in total. The Bertz CT molecular complexity index is 494. The van der Waals surface area contributed by atoms with Crippen LogP contribution in [0.25, 0.3) is 0 Å². The van der Waals surface area contributed by atoms with Crippen LogP contribution in [0.2, 0.25) is 30.2 Å². The van der Waals surface area contributed by atoms with Crippen molar-refractivity contribution in [2.24, 2.45) is 0 Å². The van der Waals surface area contributed by atoms with E-state index in [-0.39, 0.29) is 103 Å². The first-order valence-electron chi connectivity index (χ1n) is 11.5. The van der Waals surface area contributed by atoms with Gasteiger partial charge < -0.3 is 15.7 Å². The van der Waals surface area contributed by atoms with Gasteiger partial charge in [-0.1, -0.05) is 125 Å². The third kappa shape index (κ3) is 5.38. The van der Waals surface area contributed by atoms with Crippen molar-refractivity contribution in [2.75, 3.05) is 0 Å². The van der Waals surface area contributed by atoms with E-state index in [4.69, 9.17) is 0 Å². The van der Waals surface area contributed by atoms with Gasteiger partial charge in [-0.15, -0.1) is 20.2 Å². The molecule has 1 heterocycles. The molecule has 1 aliphatic heterocycles. The van der Waals surface area contributed by atoms with Crippen LogP contribution < -0.4 is 103 Å². The van der Waals surface area contributed by atoms with E-state index >= 15 is 0 Å². The molecule has 1 saturated heterocycles. The van der Waals surface area contributed by atoms with Gasteiger partial charge in [0.15, 0.2) is 0 Å². The van der Waals surface area contributed by atoms with Crippen LogP contribution in [-0.2, 0) is 0 Å². The average molecular weight is 533 g/mol. The maximum absolute atomic E-state index is 2.67. The Labute approximate surface area is 282 Å². The third-order valence-corrected chi connectivity index (χ3v) is 90.0. The smallest absolute Gasteiger partial charge is 0.310 e. The predicted molar refractivity (Wildman–Crippen MR) is 141 cm³/mol. The van der Waals surface area contributed by atoms with Crippen molar-refractivity contribution < 1.29 is 103 Å². The minimum Gasteiger partial charge on any atom is -0.310 e. The summed E-state index contributed by atoms with van der Waals surface area (Å²) in [4.78, 5) is 0. The number of hydrogen-bond donors (Lipinski definition) is 0. The largest absolute Gasteiger partial charge is 1.00 e. The van der Waals surface area contributed by atoms with Crippen molar-refractivity contribution in [1.29, 1.82) is 0 Å². The Morgan fingerprint density at radius 2 is 0.467 bits per heavy atom. The Morgan fingerprint density at radius 3 is 0.533 bits per heavy atom. The standard InChI is InChI=1S/C24H54Si4.2K/c1-19(2,3)25-27(21(7,8)9,22(10,11)12)26(20(4,5)6)28(25,23(13,14)15)24(16,17)18;;/h1-18H3;;/q-2;2*+1. The Morgan fingerprint density at radius 1 is 0.333 bits per heavy atom. The molecule has 0 unspecified atom stereocenters. The minimum atomic E-state index is -1.57. The summed E-state index contributed by atoms with van der Waals surface area (Å²) in [6, 6.07) is 0. The molecule has 0 aromatic rings. The second kappa shape index (κ2) is 10.1. The van der Waals surface area contributed by atoms with Gasteiger partial charge in [0.05, 0.1) is 0 Å². The van der Waals surface area contributed by atoms with E-state index in [1.165, 1.54) is 0 Å². The molecule has 0 nitrogen and oxygen atoms in total. The average Bonchev–Trinajstić information content (AvgIpc) is 2.13. The molecule has 0 saturated carbocycles. The zero-order chi connectivity index (χ0) is 23.2. The van der Waals surface area contributed by atoms with Gasteiger partial charge in [-0.3, -0.25) is 0 Å². The van der Waals surface area contributed by atoms with Crippen LogP contribution in [0.5, 0.6) is 0 Å². The van der Waals surface area contributed by atoms with Gasteiger partial charge in [0.25, 0.3) is 0 Å².